The zero-order valence-electron chi connectivity index (χ0n) is 21.3. The molecule has 1 unspecified atom stereocenters. The van der Waals surface area contributed by atoms with E-state index >= 15 is 0 Å². The monoisotopic (exact) mass is 566 g/mol. The molecule has 0 saturated carbocycles. The molecule has 0 aliphatic carbocycles. The number of furan rings is 1. The van der Waals surface area contributed by atoms with Gasteiger partial charge in [0.15, 0.2) is 0 Å². The third-order valence-electron chi connectivity index (χ3n) is 5.56. The van der Waals surface area contributed by atoms with Gasteiger partial charge in [-0.25, -0.2) is 14.4 Å². The van der Waals surface area contributed by atoms with Gasteiger partial charge in [-0.15, -0.1) is 0 Å². The van der Waals surface area contributed by atoms with Crippen LogP contribution in [0.25, 0.3) is 22.2 Å². The minimum atomic E-state index is -0.766. The Labute approximate surface area is 233 Å². The van der Waals surface area contributed by atoms with Crippen LogP contribution >= 0.6 is 11.6 Å². The molecule has 0 saturated heterocycles. The summed E-state index contributed by atoms with van der Waals surface area (Å²) in [6.45, 7) is 1.61. The summed E-state index contributed by atoms with van der Waals surface area (Å²) in [4.78, 5) is 8.25. The minimum absolute atomic E-state index is 0.265. The maximum atomic E-state index is 12.9. The molecule has 0 fully saturated rings. The van der Waals surface area contributed by atoms with Crippen molar-refractivity contribution in [1.29, 1.82) is 0 Å². The molecule has 2 heterocycles. The molecule has 3 aromatic carbocycles. The van der Waals surface area contributed by atoms with Crippen molar-refractivity contribution >= 4 is 39.0 Å². The number of halogens is 2. The van der Waals surface area contributed by atoms with Crippen LogP contribution in [0.15, 0.2) is 89.7 Å². The van der Waals surface area contributed by atoms with Crippen LogP contribution in [-0.2, 0) is 24.0 Å². The summed E-state index contributed by atoms with van der Waals surface area (Å²) in [7, 11) is -0.766. The Morgan fingerprint density at radius 1 is 1.10 bits per heavy atom. The summed E-state index contributed by atoms with van der Waals surface area (Å²) in [5.41, 5.74) is 8.81. The molecule has 0 amide bonds. The van der Waals surface area contributed by atoms with Gasteiger partial charge in [0.1, 0.15) is 36.0 Å². The predicted octanol–water partition coefficient (Wildman–Crippen LogP) is 6.00. The number of hydrogen-bond donors (Lipinski definition) is 2. The van der Waals surface area contributed by atoms with Crippen molar-refractivity contribution in [2.75, 3.05) is 24.3 Å². The van der Waals surface area contributed by atoms with Crippen LogP contribution in [0.2, 0.25) is 5.02 Å². The van der Waals surface area contributed by atoms with E-state index in [1.807, 2.05) is 30.3 Å². The first-order chi connectivity index (χ1) is 18.9. The highest BCUT2D eigenvalue weighted by molar-refractivity contribution is 7.84. The van der Waals surface area contributed by atoms with E-state index in [9.17, 15) is 8.60 Å². The van der Waals surface area contributed by atoms with E-state index in [-0.39, 0.29) is 12.4 Å². The predicted molar refractivity (Wildman–Crippen MR) is 154 cm³/mol. The number of nitrogens with one attached hydrogen (secondary N) is 1. The van der Waals surface area contributed by atoms with E-state index in [1.165, 1.54) is 12.1 Å². The van der Waals surface area contributed by atoms with Gasteiger partial charge >= 0.3 is 0 Å². The molecule has 39 heavy (non-hydrogen) atoms. The van der Waals surface area contributed by atoms with E-state index in [4.69, 9.17) is 26.5 Å². The van der Waals surface area contributed by atoms with Gasteiger partial charge in [0.05, 0.1) is 17.1 Å². The first-order valence-corrected chi connectivity index (χ1v) is 14.2. The number of ether oxygens (including phenoxy) is 1. The highest BCUT2D eigenvalue weighted by Crippen LogP contribution is 2.27. The fourth-order valence-electron chi connectivity index (χ4n) is 3.62. The van der Waals surface area contributed by atoms with Gasteiger partial charge in [0.25, 0.3) is 0 Å². The summed E-state index contributed by atoms with van der Waals surface area (Å²) in [6, 6.07) is 21.1. The van der Waals surface area contributed by atoms with E-state index in [1.54, 1.807) is 49.1 Å². The fraction of sp³-hybridized carbons (Fsp3) is 0.172. The smallest absolute Gasteiger partial charge is 0.138 e. The van der Waals surface area contributed by atoms with Gasteiger partial charge < -0.3 is 20.2 Å². The van der Waals surface area contributed by atoms with Crippen molar-refractivity contribution in [2.45, 2.75) is 13.2 Å². The number of benzene rings is 3. The first-order valence-electron chi connectivity index (χ1n) is 12.1. The van der Waals surface area contributed by atoms with Crippen molar-refractivity contribution in [3.8, 4) is 17.1 Å². The number of fused-ring (bicyclic) bond motifs is 1. The Balaban J connectivity index is 0.000000187. The maximum absolute atomic E-state index is 12.9. The normalized spacial score (nSPS) is 11.6. The van der Waals surface area contributed by atoms with Gasteiger partial charge in [0.2, 0.25) is 0 Å². The Morgan fingerprint density at radius 3 is 2.77 bits per heavy atom. The molecule has 202 valence electrons. The largest absolute Gasteiger partial charge is 0.487 e. The van der Waals surface area contributed by atoms with E-state index < -0.39 is 10.8 Å². The van der Waals surface area contributed by atoms with Crippen molar-refractivity contribution in [3.63, 3.8) is 0 Å². The summed E-state index contributed by atoms with van der Waals surface area (Å²) in [6.07, 6.45) is 5.04. The maximum Gasteiger partial charge on any atom is 0.138 e. The quantitative estimate of drug-likeness (QED) is 0.167. The van der Waals surface area contributed by atoms with E-state index in [2.05, 4.69) is 15.3 Å². The van der Waals surface area contributed by atoms with Gasteiger partial charge in [-0.3, -0.25) is 4.21 Å². The van der Waals surface area contributed by atoms with Crippen LogP contribution in [-0.4, -0.2) is 32.7 Å². The molecular weight excluding hydrogens is 539 g/mol. The Kier molecular flexibility index (Phi) is 10.0. The second-order valence-electron chi connectivity index (χ2n) is 8.62. The Morgan fingerprint density at radius 2 is 1.97 bits per heavy atom. The van der Waals surface area contributed by atoms with Crippen LogP contribution in [0.3, 0.4) is 0 Å². The second kappa shape index (κ2) is 13.8. The molecule has 1 atom stereocenters. The average Bonchev–Trinajstić information content (AvgIpc) is 3.40. The van der Waals surface area contributed by atoms with Gasteiger partial charge in [-0.1, -0.05) is 23.7 Å². The summed E-state index contributed by atoms with van der Waals surface area (Å²) >= 11 is 5.95. The average molecular weight is 567 g/mol. The number of nitrogens with two attached hydrogens (primary N) is 1. The molecule has 0 radical (unpaired) electrons. The lowest BCUT2D eigenvalue weighted by Crippen LogP contribution is -2.19. The summed E-state index contributed by atoms with van der Waals surface area (Å²) in [5.74, 6) is 2.58. The molecule has 7 nitrogen and oxygen atoms in total. The number of rotatable bonds is 9. The van der Waals surface area contributed by atoms with Gasteiger partial charge in [-0.2, -0.15) is 0 Å². The lowest BCUT2D eigenvalue weighted by molar-refractivity contribution is 0.306. The van der Waals surface area contributed by atoms with Crippen molar-refractivity contribution in [1.82, 2.24) is 15.3 Å². The molecular formula is C29H28ClFN4O3S. The third kappa shape index (κ3) is 8.61. The molecule has 5 rings (SSSR count). The number of hydrogen-bond acceptors (Lipinski definition) is 7. The standard InChI is InChI=1S/C16H17N3O2S.C13H11ClFNO/c1-22(20)7-6-17-10-14-3-5-16(21-14)12-2-4-15-13(8-12)9-18-11-19-15;14-12-7-11(16)4-5-13(12)17-8-9-2-1-3-10(15)6-9/h2-5,8-9,11,17H,6-7,10H2,1H3;1-7H,8,16H2. The van der Waals surface area contributed by atoms with Crippen molar-refractivity contribution in [2.24, 2.45) is 0 Å². The van der Waals surface area contributed by atoms with E-state index in [0.717, 1.165) is 33.6 Å². The summed E-state index contributed by atoms with van der Waals surface area (Å²) < 4.78 is 35.2. The first kappa shape index (κ1) is 28.2. The zero-order chi connectivity index (χ0) is 27.6. The Hall–Kier alpha value is -3.79. The fourth-order valence-corrected chi connectivity index (χ4v) is 4.29. The van der Waals surface area contributed by atoms with Crippen LogP contribution in [0.4, 0.5) is 10.1 Å². The number of nitrogens with zero attached hydrogens (tertiary/aromatic N) is 2. The third-order valence-corrected chi connectivity index (χ3v) is 6.63. The lowest BCUT2D eigenvalue weighted by atomic mass is 10.1. The minimum Gasteiger partial charge on any atom is -0.487 e. The number of aromatic nitrogens is 2. The molecule has 3 N–H and O–H groups in total. The second-order valence-corrected chi connectivity index (χ2v) is 10.6. The molecule has 0 spiro atoms. The number of anilines is 1. The van der Waals surface area contributed by atoms with Crippen LogP contribution in [0, 0.1) is 5.82 Å². The van der Waals surface area contributed by atoms with Crippen molar-refractivity contribution < 1.29 is 17.8 Å². The molecule has 0 bridgehead atoms. The van der Waals surface area contributed by atoms with Crippen molar-refractivity contribution in [3.05, 3.63) is 107 Å². The SMILES string of the molecule is CS(=O)CCNCc1ccc(-c2ccc3ncncc3c2)o1.Nc1ccc(OCc2cccc(F)c2)c(Cl)c1. The number of nitrogen functional groups attached to an aromatic ring is 1. The molecule has 0 aliphatic heterocycles. The molecule has 2 aromatic heterocycles. The molecule has 0 aliphatic rings. The van der Waals surface area contributed by atoms with Crippen LogP contribution < -0.4 is 15.8 Å². The van der Waals surface area contributed by atoms with E-state index in [0.29, 0.717) is 35.3 Å². The molecule has 10 heteroatoms. The highest BCUT2D eigenvalue weighted by Gasteiger charge is 2.06. The van der Waals surface area contributed by atoms with Gasteiger partial charge in [-0.05, 0) is 66.2 Å². The molecule has 5 aromatic rings. The van der Waals surface area contributed by atoms with Gasteiger partial charge in [0, 0.05) is 52.2 Å². The van der Waals surface area contributed by atoms with Crippen LogP contribution in [0.5, 0.6) is 5.75 Å². The van der Waals surface area contributed by atoms with Crippen LogP contribution in [0.1, 0.15) is 11.3 Å². The topological polar surface area (TPSA) is 103 Å². The zero-order valence-corrected chi connectivity index (χ0v) is 22.8. The highest BCUT2D eigenvalue weighted by atomic mass is 35.5. The lowest BCUT2D eigenvalue weighted by Gasteiger charge is -2.08. The summed E-state index contributed by atoms with van der Waals surface area (Å²) in [5, 5.41) is 4.65. The Bertz CT molecular complexity index is 1560.